The van der Waals surface area contributed by atoms with Crippen molar-refractivity contribution in [1.82, 2.24) is 5.32 Å². The van der Waals surface area contributed by atoms with Gasteiger partial charge in [-0.2, -0.15) is 0 Å². The van der Waals surface area contributed by atoms with Gasteiger partial charge in [0.25, 0.3) is 5.91 Å². The van der Waals surface area contributed by atoms with Crippen LogP contribution in [0.5, 0.6) is 5.75 Å². The third kappa shape index (κ3) is 2.91. The first-order valence-corrected chi connectivity index (χ1v) is 9.65. The minimum Gasteiger partial charge on any atom is -0.508 e. The van der Waals surface area contributed by atoms with E-state index in [1.165, 1.54) is 10.4 Å². The predicted molar refractivity (Wildman–Crippen MR) is 101 cm³/mol. The zero-order valence-electron chi connectivity index (χ0n) is 14.8. The normalized spacial score (nSPS) is 22.6. The number of rotatable bonds is 1. The number of phenols is 1. The second-order valence-electron chi connectivity index (χ2n) is 8.16. The molecule has 1 aliphatic heterocycles. The molecule has 0 spiro atoms. The summed E-state index contributed by atoms with van der Waals surface area (Å²) in [6.45, 7) is 6.91. The van der Waals surface area contributed by atoms with Crippen molar-refractivity contribution in [3.05, 3.63) is 45.8 Å². The van der Waals surface area contributed by atoms with Crippen molar-refractivity contribution in [2.24, 2.45) is 11.3 Å². The van der Waals surface area contributed by atoms with Crippen molar-refractivity contribution < 1.29 is 9.90 Å². The van der Waals surface area contributed by atoms with Crippen LogP contribution in [0, 0.1) is 11.3 Å². The van der Waals surface area contributed by atoms with E-state index in [9.17, 15) is 9.90 Å². The summed E-state index contributed by atoms with van der Waals surface area (Å²) in [5.74, 6) is 0.858. The Morgan fingerprint density at radius 1 is 1.24 bits per heavy atom. The number of amides is 1. The molecule has 25 heavy (non-hydrogen) atoms. The van der Waals surface area contributed by atoms with Crippen molar-refractivity contribution in [3.8, 4) is 5.75 Å². The van der Waals surface area contributed by atoms with E-state index < -0.39 is 0 Å². The quantitative estimate of drug-likeness (QED) is 0.707. The molecule has 2 aromatic rings. The average Bonchev–Trinajstić information content (AvgIpc) is 2.92. The highest BCUT2D eigenvalue weighted by molar-refractivity contribution is 7.16. The SMILES string of the molecule is CC(C)(C)[C@H]1CCc2c(sc3c2C(=O)N[C@@H](c2cccc(O)c2)N3)C1. The van der Waals surface area contributed by atoms with E-state index in [4.69, 9.17) is 0 Å². The number of phenolic OH excluding ortho intramolecular Hbond substituents is 1. The summed E-state index contributed by atoms with van der Waals surface area (Å²) in [4.78, 5) is 14.1. The van der Waals surface area contributed by atoms with Gasteiger partial charge in [-0.05, 0) is 53.9 Å². The molecule has 2 aliphatic rings. The monoisotopic (exact) mass is 356 g/mol. The van der Waals surface area contributed by atoms with Crippen molar-refractivity contribution in [1.29, 1.82) is 0 Å². The summed E-state index contributed by atoms with van der Waals surface area (Å²) in [5.41, 5.74) is 3.23. The topological polar surface area (TPSA) is 61.4 Å². The Morgan fingerprint density at radius 2 is 2.04 bits per heavy atom. The number of carbonyl (C=O) groups is 1. The molecule has 2 atom stereocenters. The van der Waals surface area contributed by atoms with Crippen molar-refractivity contribution >= 4 is 22.2 Å². The van der Waals surface area contributed by atoms with Crippen LogP contribution in [0.1, 0.15) is 59.7 Å². The van der Waals surface area contributed by atoms with Gasteiger partial charge < -0.3 is 15.7 Å². The fourth-order valence-corrected chi connectivity index (χ4v) is 5.26. The molecule has 0 radical (unpaired) electrons. The van der Waals surface area contributed by atoms with Gasteiger partial charge in [0.05, 0.1) is 5.56 Å². The van der Waals surface area contributed by atoms with Gasteiger partial charge in [-0.3, -0.25) is 4.79 Å². The molecule has 1 aromatic heterocycles. The fraction of sp³-hybridized carbons (Fsp3) is 0.450. The summed E-state index contributed by atoms with van der Waals surface area (Å²) in [6, 6.07) is 7.02. The van der Waals surface area contributed by atoms with E-state index in [-0.39, 0.29) is 17.8 Å². The minimum absolute atomic E-state index is 0.00574. The van der Waals surface area contributed by atoms with Crippen molar-refractivity contribution in [3.63, 3.8) is 0 Å². The summed E-state index contributed by atoms with van der Waals surface area (Å²) < 4.78 is 0. The molecule has 0 fully saturated rings. The minimum atomic E-state index is -0.300. The number of hydrogen-bond donors (Lipinski definition) is 3. The van der Waals surface area contributed by atoms with E-state index in [1.807, 2.05) is 6.07 Å². The lowest BCUT2D eigenvalue weighted by atomic mass is 9.72. The molecule has 0 saturated carbocycles. The van der Waals surface area contributed by atoms with Gasteiger partial charge in [0, 0.05) is 4.88 Å². The van der Waals surface area contributed by atoms with Gasteiger partial charge in [0.15, 0.2) is 0 Å². The molecular formula is C20H24N2O2S. The second-order valence-corrected chi connectivity index (χ2v) is 9.26. The van der Waals surface area contributed by atoms with Crippen LogP contribution in [0.2, 0.25) is 0 Å². The highest BCUT2D eigenvalue weighted by Crippen LogP contribution is 2.46. The third-order valence-electron chi connectivity index (χ3n) is 5.47. The molecule has 1 amide bonds. The molecule has 1 aliphatic carbocycles. The van der Waals surface area contributed by atoms with E-state index in [1.54, 1.807) is 29.5 Å². The lowest BCUT2D eigenvalue weighted by Crippen LogP contribution is -2.38. The van der Waals surface area contributed by atoms with Crippen LogP contribution in [0.3, 0.4) is 0 Å². The molecule has 1 aromatic carbocycles. The van der Waals surface area contributed by atoms with Crippen LogP contribution < -0.4 is 10.6 Å². The van der Waals surface area contributed by atoms with E-state index in [0.717, 1.165) is 35.4 Å². The average molecular weight is 356 g/mol. The van der Waals surface area contributed by atoms with Crippen LogP contribution >= 0.6 is 11.3 Å². The summed E-state index contributed by atoms with van der Waals surface area (Å²) in [7, 11) is 0. The number of nitrogens with one attached hydrogen (secondary N) is 2. The maximum absolute atomic E-state index is 12.8. The Labute approximate surface area is 152 Å². The number of anilines is 1. The maximum Gasteiger partial charge on any atom is 0.256 e. The highest BCUT2D eigenvalue weighted by atomic mass is 32.1. The Bertz CT molecular complexity index is 835. The Balaban J connectivity index is 1.66. The molecule has 4 rings (SSSR count). The summed E-state index contributed by atoms with van der Waals surface area (Å²) in [5, 5.41) is 17.2. The fourth-order valence-electron chi connectivity index (χ4n) is 3.91. The molecular weight excluding hydrogens is 332 g/mol. The van der Waals surface area contributed by atoms with Crippen LogP contribution in [0.15, 0.2) is 24.3 Å². The first-order valence-electron chi connectivity index (χ1n) is 8.84. The van der Waals surface area contributed by atoms with Crippen LogP contribution in [-0.2, 0) is 12.8 Å². The van der Waals surface area contributed by atoms with Crippen LogP contribution in [0.4, 0.5) is 5.00 Å². The number of carbonyl (C=O) groups excluding carboxylic acids is 1. The third-order valence-corrected chi connectivity index (χ3v) is 6.66. The van der Waals surface area contributed by atoms with Crippen LogP contribution in [-0.4, -0.2) is 11.0 Å². The number of aromatic hydroxyl groups is 1. The highest BCUT2D eigenvalue weighted by Gasteiger charge is 2.36. The van der Waals surface area contributed by atoms with Gasteiger partial charge in [-0.1, -0.05) is 32.9 Å². The van der Waals surface area contributed by atoms with E-state index in [2.05, 4.69) is 31.4 Å². The molecule has 5 heteroatoms. The smallest absolute Gasteiger partial charge is 0.256 e. The zero-order valence-corrected chi connectivity index (χ0v) is 15.7. The van der Waals surface area contributed by atoms with Crippen molar-refractivity contribution in [2.45, 2.75) is 46.2 Å². The Morgan fingerprint density at radius 3 is 2.76 bits per heavy atom. The van der Waals surface area contributed by atoms with E-state index in [0.29, 0.717) is 11.3 Å². The Hall–Kier alpha value is -2.01. The second kappa shape index (κ2) is 5.77. The number of benzene rings is 1. The lowest BCUT2D eigenvalue weighted by Gasteiger charge is -2.34. The predicted octanol–water partition coefficient (Wildman–Crippen LogP) is 4.46. The largest absolute Gasteiger partial charge is 0.508 e. The molecule has 132 valence electrons. The molecule has 0 saturated heterocycles. The molecule has 4 nitrogen and oxygen atoms in total. The Kier molecular flexibility index (Phi) is 3.80. The lowest BCUT2D eigenvalue weighted by molar-refractivity contribution is 0.0934. The maximum atomic E-state index is 12.8. The van der Waals surface area contributed by atoms with Crippen molar-refractivity contribution in [2.75, 3.05) is 5.32 Å². The van der Waals surface area contributed by atoms with Gasteiger partial charge in [-0.25, -0.2) is 0 Å². The van der Waals surface area contributed by atoms with Gasteiger partial charge >= 0.3 is 0 Å². The molecule has 2 heterocycles. The standard InChI is InChI=1S/C20H24N2O2S/c1-20(2,3)12-7-8-14-15(10-12)25-19-16(14)18(24)21-17(22-19)11-5-4-6-13(23)9-11/h4-6,9,12,17,22-23H,7-8,10H2,1-3H3,(H,21,24)/t12-,17+/m0/s1. The molecule has 3 N–H and O–H groups in total. The molecule has 0 unspecified atom stereocenters. The number of hydrogen-bond acceptors (Lipinski definition) is 4. The first-order chi connectivity index (χ1) is 11.8. The summed E-state index contributed by atoms with van der Waals surface area (Å²) in [6.07, 6.45) is 2.88. The van der Waals surface area contributed by atoms with E-state index >= 15 is 0 Å². The van der Waals surface area contributed by atoms with Gasteiger partial charge in [-0.15, -0.1) is 11.3 Å². The van der Waals surface area contributed by atoms with Crippen LogP contribution in [0.25, 0.3) is 0 Å². The van der Waals surface area contributed by atoms with Gasteiger partial charge in [0.2, 0.25) is 0 Å². The van der Waals surface area contributed by atoms with Gasteiger partial charge in [0.1, 0.15) is 16.9 Å². The molecule has 0 bridgehead atoms. The summed E-state index contributed by atoms with van der Waals surface area (Å²) >= 11 is 1.73. The number of thiophene rings is 1. The zero-order chi connectivity index (χ0) is 17.8. The number of fused-ring (bicyclic) bond motifs is 3. The first kappa shape index (κ1) is 16.5.